The third kappa shape index (κ3) is 3.31. The van der Waals surface area contributed by atoms with E-state index in [1.165, 1.54) is 5.56 Å². The molecule has 0 aromatic heterocycles. The Hall–Kier alpha value is -0.900. The Morgan fingerprint density at radius 2 is 1.62 bits per heavy atom. The molecule has 3 rings (SSSR count). The summed E-state index contributed by atoms with van der Waals surface area (Å²) in [6.45, 7) is 0. The van der Waals surface area contributed by atoms with Crippen molar-refractivity contribution in [2.75, 3.05) is 11.5 Å². The maximum Gasteiger partial charge on any atom is 0.165 e. The number of hydrogen-bond acceptors (Lipinski definition) is 3. The van der Waals surface area contributed by atoms with E-state index in [1.807, 2.05) is 53.9 Å². The first-order chi connectivity index (χ1) is 10.2. The molecule has 1 fully saturated rings. The molecule has 0 spiro atoms. The van der Waals surface area contributed by atoms with Gasteiger partial charge in [-0.3, -0.25) is 4.79 Å². The standard InChI is InChI=1S/C17H15ClOS2/c18-15-8-6-13(7-9-15)16(19)12-17(20-10-11-21-17)14-4-2-1-3-5-14/h1-9H,10-12H2. The lowest BCUT2D eigenvalue weighted by atomic mass is 10.0. The first-order valence-corrected chi connectivity index (χ1v) is 9.17. The SMILES string of the molecule is O=C(CC1(c2ccccc2)SCCS1)c1ccc(Cl)cc1. The van der Waals surface area contributed by atoms with Crippen molar-refractivity contribution in [2.24, 2.45) is 0 Å². The summed E-state index contributed by atoms with van der Waals surface area (Å²) in [5.41, 5.74) is 1.97. The van der Waals surface area contributed by atoms with Gasteiger partial charge in [-0.05, 0) is 29.8 Å². The first-order valence-electron chi connectivity index (χ1n) is 6.82. The van der Waals surface area contributed by atoms with Crippen molar-refractivity contribution in [1.29, 1.82) is 0 Å². The summed E-state index contributed by atoms with van der Waals surface area (Å²) in [6, 6.07) is 17.5. The van der Waals surface area contributed by atoms with E-state index >= 15 is 0 Å². The second-order valence-electron chi connectivity index (χ2n) is 4.92. The molecule has 0 bridgehead atoms. The van der Waals surface area contributed by atoms with Gasteiger partial charge in [-0.25, -0.2) is 0 Å². The molecule has 1 aliphatic heterocycles. The van der Waals surface area contributed by atoms with Crippen molar-refractivity contribution in [3.63, 3.8) is 0 Å². The molecule has 4 heteroatoms. The zero-order chi connectivity index (χ0) is 14.7. The molecule has 0 amide bonds. The molecule has 1 nitrogen and oxygen atoms in total. The van der Waals surface area contributed by atoms with Crippen LogP contribution in [0, 0.1) is 0 Å². The predicted molar refractivity (Wildman–Crippen MR) is 93.4 cm³/mol. The molecule has 0 radical (unpaired) electrons. The predicted octanol–water partition coefficient (Wildman–Crippen LogP) is 5.25. The second-order valence-corrected chi connectivity index (χ2v) is 8.41. The molecule has 1 aliphatic rings. The molecule has 21 heavy (non-hydrogen) atoms. The number of benzene rings is 2. The van der Waals surface area contributed by atoms with Crippen LogP contribution in [0.4, 0.5) is 0 Å². The number of halogens is 1. The lowest BCUT2D eigenvalue weighted by Crippen LogP contribution is -2.19. The molecule has 0 saturated carbocycles. The third-order valence-electron chi connectivity index (χ3n) is 3.53. The topological polar surface area (TPSA) is 17.1 Å². The minimum Gasteiger partial charge on any atom is -0.294 e. The van der Waals surface area contributed by atoms with E-state index < -0.39 is 0 Å². The Morgan fingerprint density at radius 1 is 1.00 bits per heavy atom. The quantitative estimate of drug-likeness (QED) is 0.711. The second kappa shape index (κ2) is 6.47. The van der Waals surface area contributed by atoms with Gasteiger partial charge >= 0.3 is 0 Å². The number of rotatable bonds is 4. The minimum absolute atomic E-state index is 0.141. The van der Waals surface area contributed by atoms with Gasteiger partial charge in [0.05, 0.1) is 4.08 Å². The largest absolute Gasteiger partial charge is 0.294 e. The highest BCUT2D eigenvalue weighted by atomic mass is 35.5. The van der Waals surface area contributed by atoms with Crippen LogP contribution in [0.1, 0.15) is 22.3 Å². The number of ketones is 1. The van der Waals surface area contributed by atoms with E-state index in [0.717, 1.165) is 17.1 Å². The molecule has 108 valence electrons. The fraction of sp³-hybridized carbons (Fsp3) is 0.235. The van der Waals surface area contributed by atoms with Crippen LogP contribution >= 0.6 is 35.1 Å². The summed E-state index contributed by atoms with van der Waals surface area (Å²) in [5.74, 6) is 2.36. The molecule has 1 saturated heterocycles. The van der Waals surface area contributed by atoms with E-state index in [9.17, 15) is 4.79 Å². The highest BCUT2D eigenvalue weighted by molar-refractivity contribution is 8.20. The van der Waals surface area contributed by atoms with Gasteiger partial charge in [0.25, 0.3) is 0 Å². The summed E-state index contributed by atoms with van der Waals surface area (Å²) in [4.78, 5) is 12.6. The van der Waals surface area contributed by atoms with Crippen molar-refractivity contribution in [3.8, 4) is 0 Å². The summed E-state index contributed by atoms with van der Waals surface area (Å²) < 4.78 is -0.141. The van der Waals surface area contributed by atoms with Crippen LogP contribution < -0.4 is 0 Å². The van der Waals surface area contributed by atoms with Crippen LogP contribution in [0.15, 0.2) is 54.6 Å². The molecule has 0 N–H and O–H groups in total. The van der Waals surface area contributed by atoms with Crippen molar-refractivity contribution in [2.45, 2.75) is 10.5 Å². The van der Waals surface area contributed by atoms with Gasteiger partial charge in [-0.1, -0.05) is 41.9 Å². The average molecular weight is 335 g/mol. The van der Waals surface area contributed by atoms with Gasteiger partial charge in [0.1, 0.15) is 0 Å². The first kappa shape index (κ1) is 15.0. The monoisotopic (exact) mass is 334 g/mol. The Balaban J connectivity index is 1.86. The van der Waals surface area contributed by atoms with Gasteiger partial charge < -0.3 is 0 Å². The maximum absolute atomic E-state index is 12.6. The molecule has 0 atom stereocenters. The molecule has 2 aromatic rings. The maximum atomic E-state index is 12.6. The van der Waals surface area contributed by atoms with E-state index in [0.29, 0.717) is 11.4 Å². The summed E-state index contributed by atoms with van der Waals surface area (Å²) in [5, 5.41) is 0.661. The average Bonchev–Trinajstić information content (AvgIpc) is 2.98. The normalized spacial score (nSPS) is 16.8. The van der Waals surface area contributed by atoms with Gasteiger partial charge in [0.15, 0.2) is 5.78 Å². The Labute approximate surface area is 138 Å². The summed E-state index contributed by atoms with van der Waals surface area (Å²) in [7, 11) is 0. The minimum atomic E-state index is -0.141. The zero-order valence-electron chi connectivity index (χ0n) is 11.4. The van der Waals surface area contributed by atoms with Gasteiger partial charge in [0.2, 0.25) is 0 Å². The highest BCUT2D eigenvalue weighted by Gasteiger charge is 2.39. The lowest BCUT2D eigenvalue weighted by Gasteiger charge is -2.27. The van der Waals surface area contributed by atoms with Crippen molar-refractivity contribution >= 4 is 40.9 Å². The Morgan fingerprint density at radius 3 is 2.24 bits per heavy atom. The number of hydrogen-bond donors (Lipinski definition) is 0. The smallest absolute Gasteiger partial charge is 0.165 e. The summed E-state index contributed by atoms with van der Waals surface area (Å²) >= 11 is 9.66. The number of thioether (sulfide) groups is 2. The molecule has 0 unspecified atom stereocenters. The van der Waals surface area contributed by atoms with E-state index in [2.05, 4.69) is 12.1 Å². The van der Waals surface area contributed by atoms with Crippen LogP contribution in [0.3, 0.4) is 0 Å². The van der Waals surface area contributed by atoms with Gasteiger partial charge in [-0.2, -0.15) is 0 Å². The highest BCUT2D eigenvalue weighted by Crippen LogP contribution is 2.54. The number of carbonyl (C=O) groups excluding carboxylic acids is 1. The number of carbonyl (C=O) groups is 1. The van der Waals surface area contributed by atoms with Crippen molar-refractivity contribution in [1.82, 2.24) is 0 Å². The fourth-order valence-corrected chi connectivity index (χ4v) is 5.82. The molecular weight excluding hydrogens is 320 g/mol. The molecule has 0 aliphatic carbocycles. The van der Waals surface area contributed by atoms with Crippen LogP contribution in [0.5, 0.6) is 0 Å². The van der Waals surface area contributed by atoms with E-state index in [-0.39, 0.29) is 9.86 Å². The zero-order valence-corrected chi connectivity index (χ0v) is 13.8. The van der Waals surface area contributed by atoms with E-state index in [4.69, 9.17) is 11.6 Å². The van der Waals surface area contributed by atoms with Crippen LogP contribution in [0.25, 0.3) is 0 Å². The van der Waals surface area contributed by atoms with Gasteiger partial charge in [-0.15, -0.1) is 23.5 Å². The number of Topliss-reactive ketones (excluding diaryl/α,β-unsaturated/α-hetero) is 1. The molecular formula is C17H15ClOS2. The third-order valence-corrected chi connectivity index (χ3v) is 7.25. The Kier molecular flexibility index (Phi) is 4.63. The molecule has 1 heterocycles. The van der Waals surface area contributed by atoms with Crippen LogP contribution in [-0.4, -0.2) is 17.3 Å². The van der Waals surface area contributed by atoms with Crippen molar-refractivity contribution in [3.05, 3.63) is 70.7 Å². The van der Waals surface area contributed by atoms with Crippen LogP contribution in [0.2, 0.25) is 5.02 Å². The van der Waals surface area contributed by atoms with Crippen molar-refractivity contribution < 1.29 is 4.79 Å². The van der Waals surface area contributed by atoms with Crippen LogP contribution in [-0.2, 0) is 4.08 Å². The van der Waals surface area contributed by atoms with Gasteiger partial charge in [0, 0.05) is 28.5 Å². The fourth-order valence-electron chi connectivity index (χ4n) is 2.47. The lowest BCUT2D eigenvalue weighted by molar-refractivity contribution is 0.0979. The summed E-state index contributed by atoms with van der Waals surface area (Å²) in [6.07, 6.45) is 0.522. The van der Waals surface area contributed by atoms with E-state index in [1.54, 1.807) is 12.1 Å². The Bertz CT molecular complexity index is 619. The molecule has 2 aromatic carbocycles.